The third-order valence-corrected chi connectivity index (χ3v) is 11.8. The van der Waals surface area contributed by atoms with E-state index in [9.17, 15) is 19.5 Å². The Bertz CT molecular complexity index is 1140. The number of nitrogens with zero attached hydrogens (tertiary/aromatic N) is 3. The normalized spacial score (nSPS) is 28.5. The summed E-state index contributed by atoms with van der Waals surface area (Å²) in [6.45, 7) is 9.39. The van der Waals surface area contributed by atoms with Crippen molar-refractivity contribution in [3.8, 4) is 0 Å². The van der Waals surface area contributed by atoms with Gasteiger partial charge >= 0.3 is 0 Å². The van der Waals surface area contributed by atoms with Gasteiger partial charge in [-0.3, -0.25) is 14.4 Å². The van der Waals surface area contributed by atoms with E-state index < -0.39 is 22.6 Å². The fourth-order valence-corrected chi connectivity index (χ4v) is 10.3. The Morgan fingerprint density at radius 3 is 2.38 bits per heavy atom. The van der Waals surface area contributed by atoms with E-state index in [0.29, 0.717) is 19.6 Å². The van der Waals surface area contributed by atoms with Gasteiger partial charge in [0, 0.05) is 43.2 Å². The second-order valence-corrected chi connectivity index (χ2v) is 14.0. The standard InChI is InChI=1S/C34H47N3O4S/c1-3-21-35(25-15-9-7-10-16-25)31(39)28-27-19-20-34(42-27)29(28)32(40)37(23-13-5-6-14-24-38)30(34)33(41)36(22-4-2)26-17-11-8-12-18-26/h3-4,7,9-10,15-16,26-30,38H,1-2,5-6,8,11-14,17-24H2/t27-,28+,29-,30?,34?/m0/s1. The van der Waals surface area contributed by atoms with Crippen LogP contribution in [0, 0.1) is 11.8 Å². The van der Waals surface area contributed by atoms with Crippen molar-refractivity contribution in [1.82, 2.24) is 9.80 Å². The van der Waals surface area contributed by atoms with E-state index in [2.05, 4.69) is 13.2 Å². The fraction of sp³-hybridized carbons (Fsp3) is 0.618. The van der Waals surface area contributed by atoms with Gasteiger partial charge in [-0.2, -0.15) is 0 Å². The summed E-state index contributed by atoms with van der Waals surface area (Å²) < 4.78 is -0.588. The van der Waals surface area contributed by atoms with E-state index in [4.69, 9.17) is 0 Å². The number of hydrogen-bond donors (Lipinski definition) is 1. The maximum absolute atomic E-state index is 14.7. The first-order chi connectivity index (χ1) is 20.5. The molecule has 1 aromatic carbocycles. The Morgan fingerprint density at radius 2 is 1.69 bits per heavy atom. The molecular weight excluding hydrogens is 546 g/mol. The molecule has 1 spiro atoms. The first-order valence-electron chi connectivity index (χ1n) is 16.0. The molecule has 0 radical (unpaired) electrons. The third-order valence-electron chi connectivity index (χ3n) is 9.90. The topological polar surface area (TPSA) is 81.2 Å². The van der Waals surface area contributed by atoms with Gasteiger partial charge in [-0.1, -0.05) is 62.5 Å². The van der Waals surface area contributed by atoms with Crippen molar-refractivity contribution in [3.63, 3.8) is 0 Å². The van der Waals surface area contributed by atoms with Gasteiger partial charge in [-0.15, -0.1) is 24.9 Å². The summed E-state index contributed by atoms with van der Waals surface area (Å²) in [5.41, 5.74) is 0.803. The molecule has 8 heteroatoms. The summed E-state index contributed by atoms with van der Waals surface area (Å²) in [5.74, 6) is -0.996. The largest absolute Gasteiger partial charge is 0.396 e. The van der Waals surface area contributed by atoms with Crippen LogP contribution in [0.15, 0.2) is 55.6 Å². The number of carbonyl (C=O) groups is 3. The van der Waals surface area contributed by atoms with Crippen molar-refractivity contribution < 1.29 is 19.5 Å². The summed E-state index contributed by atoms with van der Waals surface area (Å²) >= 11 is 1.75. The van der Waals surface area contributed by atoms with Crippen LogP contribution >= 0.6 is 11.8 Å². The van der Waals surface area contributed by atoms with Gasteiger partial charge in [-0.05, 0) is 50.7 Å². The highest BCUT2D eigenvalue weighted by molar-refractivity contribution is 8.02. The number of rotatable bonds is 14. The van der Waals surface area contributed by atoms with Crippen molar-refractivity contribution in [1.29, 1.82) is 0 Å². The highest BCUT2D eigenvalue weighted by Crippen LogP contribution is 2.67. The zero-order valence-corrected chi connectivity index (χ0v) is 25.7. The second kappa shape index (κ2) is 13.8. The number of benzene rings is 1. The zero-order chi connectivity index (χ0) is 29.7. The van der Waals surface area contributed by atoms with E-state index in [1.54, 1.807) is 22.7 Å². The molecule has 228 valence electrons. The van der Waals surface area contributed by atoms with Gasteiger partial charge in [0.05, 0.1) is 16.6 Å². The van der Waals surface area contributed by atoms with E-state index in [-0.39, 0.29) is 35.6 Å². The number of thioether (sulfide) groups is 1. The molecule has 0 aromatic heterocycles. The van der Waals surface area contributed by atoms with Crippen LogP contribution in [-0.4, -0.2) is 80.9 Å². The molecule has 2 unspecified atom stereocenters. The van der Waals surface area contributed by atoms with Gasteiger partial charge in [0.25, 0.3) is 0 Å². The van der Waals surface area contributed by atoms with Crippen LogP contribution in [0.5, 0.6) is 0 Å². The smallest absolute Gasteiger partial charge is 0.247 e. The van der Waals surface area contributed by atoms with Crippen molar-refractivity contribution >= 4 is 35.2 Å². The minimum Gasteiger partial charge on any atom is -0.396 e. The average molecular weight is 594 g/mol. The maximum Gasteiger partial charge on any atom is 0.247 e. The number of aliphatic hydroxyl groups is 1. The molecular formula is C34H47N3O4S. The van der Waals surface area contributed by atoms with Gasteiger partial charge in [0.15, 0.2) is 0 Å². The lowest BCUT2D eigenvalue weighted by Crippen LogP contribution is -2.57. The van der Waals surface area contributed by atoms with Crippen molar-refractivity contribution in [2.24, 2.45) is 11.8 Å². The molecule has 42 heavy (non-hydrogen) atoms. The fourth-order valence-electron chi connectivity index (χ4n) is 8.05. The summed E-state index contributed by atoms with van der Waals surface area (Å²) in [7, 11) is 0. The number of carbonyl (C=O) groups excluding carboxylic acids is 3. The van der Waals surface area contributed by atoms with E-state index in [0.717, 1.165) is 69.9 Å². The van der Waals surface area contributed by atoms with Crippen LogP contribution < -0.4 is 4.90 Å². The van der Waals surface area contributed by atoms with Crippen LogP contribution in [-0.2, 0) is 14.4 Å². The van der Waals surface area contributed by atoms with Crippen molar-refractivity contribution in [2.45, 2.75) is 92.7 Å². The molecule has 1 aliphatic carbocycles. The van der Waals surface area contributed by atoms with Gasteiger partial charge in [0.2, 0.25) is 17.7 Å². The lowest BCUT2D eigenvalue weighted by Gasteiger charge is -2.41. The summed E-state index contributed by atoms with van der Waals surface area (Å²) in [6, 6.07) is 9.23. The van der Waals surface area contributed by atoms with Gasteiger partial charge < -0.3 is 19.8 Å². The number of para-hydroxylation sites is 1. The number of fused-ring (bicyclic) bond motifs is 1. The summed E-state index contributed by atoms with van der Waals surface area (Å²) in [4.78, 5) is 49.2. The highest BCUT2D eigenvalue weighted by Gasteiger charge is 2.74. The Hall–Kier alpha value is -2.58. The van der Waals surface area contributed by atoms with Crippen molar-refractivity contribution in [2.75, 3.05) is 31.1 Å². The molecule has 4 aliphatic rings. The third kappa shape index (κ3) is 5.69. The number of hydrogen-bond acceptors (Lipinski definition) is 5. The predicted molar refractivity (Wildman–Crippen MR) is 169 cm³/mol. The molecule has 1 N–H and O–H groups in total. The van der Waals surface area contributed by atoms with E-state index in [1.165, 1.54) is 6.42 Å². The number of likely N-dealkylation sites (tertiary alicyclic amines) is 1. The number of anilines is 1. The first-order valence-corrected chi connectivity index (χ1v) is 16.8. The number of aliphatic hydroxyl groups excluding tert-OH is 1. The number of unbranched alkanes of at least 4 members (excludes halogenated alkanes) is 3. The minimum absolute atomic E-state index is 0.0204. The molecule has 3 saturated heterocycles. The second-order valence-electron chi connectivity index (χ2n) is 12.4. The Labute approximate surface area is 255 Å². The molecule has 2 bridgehead atoms. The highest BCUT2D eigenvalue weighted by atomic mass is 32.2. The average Bonchev–Trinajstić information content (AvgIpc) is 3.66. The van der Waals surface area contributed by atoms with Crippen molar-refractivity contribution in [3.05, 3.63) is 55.6 Å². The predicted octanol–water partition coefficient (Wildman–Crippen LogP) is 5.20. The van der Waals surface area contributed by atoms with E-state index in [1.807, 2.05) is 46.2 Å². The molecule has 3 heterocycles. The van der Waals surface area contributed by atoms with Gasteiger partial charge in [0.1, 0.15) is 6.04 Å². The van der Waals surface area contributed by atoms with E-state index >= 15 is 0 Å². The van der Waals surface area contributed by atoms with Crippen LogP contribution in [0.2, 0.25) is 0 Å². The number of amides is 3. The quantitative estimate of drug-likeness (QED) is 0.237. The lowest BCUT2D eigenvalue weighted by molar-refractivity contribution is -0.144. The Kier molecular flexibility index (Phi) is 10.1. The van der Waals surface area contributed by atoms with Crippen LogP contribution in [0.3, 0.4) is 0 Å². The molecule has 7 nitrogen and oxygen atoms in total. The first kappa shape index (κ1) is 30.9. The molecule has 3 amide bonds. The van der Waals surface area contributed by atoms with Crippen LogP contribution in [0.1, 0.15) is 70.6 Å². The molecule has 5 rings (SSSR count). The Balaban J connectivity index is 1.48. The maximum atomic E-state index is 14.7. The molecule has 4 fully saturated rings. The zero-order valence-electron chi connectivity index (χ0n) is 24.9. The summed E-state index contributed by atoms with van der Waals surface area (Å²) in [6.07, 6.45) is 13.9. The molecule has 1 saturated carbocycles. The lowest BCUT2D eigenvalue weighted by atomic mass is 9.70. The van der Waals surface area contributed by atoms with Crippen LogP contribution in [0.4, 0.5) is 5.69 Å². The molecule has 1 aromatic rings. The molecule has 5 atom stereocenters. The Morgan fingerprint density at radius 1 is 0.976 bits per heavy atom. The SMILES string of the molecule is C=CCN(C(=O)[C@@H]1[C@@H]2CCC3(S2)C(C(=O)N(CC=C)C2CCCCC2)N(CCCCCCO)C(=O)[C@H]13)c1ccccc1. The minimum atomic E-state index is -0.588. The summed E-state index contributed by atoms with van der Waals surface area (Å²) in [5, 5.41) is 9.25. The monoisotopic (exact) mass is 593 g/mol. The van der Waals surface area contributed by atoms with Gasteiger partial charge in [-0.25, -0.2) is 0 Å². The van der Waals surface area contributed by atoms with Crippen LogP contribution in [0.25, 0.3) is 0 Å². The molecule has 3 aliphatic heterocycles.